The Balaban J connectivity index is 2.02. The number of hydrogen-bond acceptors (Lipinski definition) is 2. The molecule has 0 atom stereocenters. The predicted molar refractivity (Wildman–Crippen MR) is 88.5 cm³/mol. The second-order valence-electron chi connectivity index (χ2n) is 7.34. The minimum atomic E-state index is 0.197. The number of para-hydroxylation sites is 1. The predicted octanol–water partition coefficient (Wildman–Crippen LogP) is 4.27. The van der Waals surface area contributed by atoms with Crippen LogP contribution in [0.2, 0.25) is 0 Å². The third-order valence-corrected chi connectivity index (χ3v) is 4.35. The van der Waals surface area contributed by atoms with Crippen LogP contribution in [0.15, 0.2) is 24.3 Å². The summed E-state index contributed by atoms with van der Waals surface area (Å²) in [4.78, 5) is 2.58. The highest BCUT2D eigenvalue weighted by atomic mass is 15.2. The van der Waals surface area contributed by atoms with Gasteiger partial charge in [0.2, 0.25) is 0 Å². The highest BCUT2D eigenvalue weighted by Crippen LogP contribution is 2.30. The van der Waals surface area contributed by atoms with Gasteiger partial charge in [-0.1, -0.05) is 39.0 Å². The third kappa shape index (κ3) is 3.76. The van der Waals surface area contributed by atoms with E-state index in [1.165, 1.54) is 37.2 Å². The fraction of sp³-hybridized carbons (Fsp3) is 0.667. The SMILES string of the molecule is CC(C)N1CCC(Nc2ccccc2C(C)(C)C)CC1. The van der Waals surface area contributed by atoms with E-state index in [4.69, 9.17) is 0 Å². The van der Waals surface area contributed by atoms with Crippen LogP contribution in [0.5, 0.6) is 0 Å². The molecular weight excluding hydrogens is 244 g/mol. The quantitative estimate of drug-likeness (QED) is 0.885. The lowest BCUT2D eigenvalue weighted by Gasteiger charge is -2.36. The summed E-state index contributed by atoms with van der Waals surface area (Å²) < 4.78 is 0. The number of piperidine rings is 1. The van der Waals surface area contributed by atoms with Crippen LogP contribution in [0.25, 0.3) is 0 Å². The van der Waals surface area contributed by atoms with Crippen LogP contribution >= 0.6 is 0 Å². The average molecular weight is 274 g/mol. The molecule has 0 aromatic heterocycles. The van der Waals surface area contributed by atoms with Gasteiger partial charge in [-0.15, -0.1) is 0 Å². The van der Waals surface area contributed by atoms with Gasteiger partial charge in [0.05, 0.1) is 0 Å². The van der Waals surface area contributed by atoms with Crippen molar-refractivity contribution in [2.24, 2.45) is 0 Å². The lowest BCUT2D eigenvalue weighted by molar-refractivity contribution is 0.177. The van der Waals surface area contributed by atoms with Crippen LogP contribution in [-0.4, -0.2) is 30.1 Å². The van der Waals surface area contributed by atoms with Gasteiger partial charge >= 0.3 is 0 Å². The number of benzene rings is 1. The number of anilines is 1. The fourth-order valence-corrected chi connectivity index (χ4v) is 3.04. The van der Waals surface area contributed by atoms with Gasteiger partial charge in [-0.25, -0.2) is 0 Å². The monoisotopic (exact) mass is 274 g/mol. The molecular formula is C18H30N2. The van der Waals surface area contributed by atoms with Crippen molar-refractivity contribution in [2.45, 2.75) is 65.0 Å². The normalized spacial score (nSPS) is 18.5. The Kier molecular flexibility index (Phi) is 4.74. The van der Waals surface area contributed by atoms with Crippen molar-refractivity contribution in [1.29, 1.82) is 0 Å². The largest absolute Gasteiger partial charge is 0.382 e. The Morgan fingerprint density at radius 1 is 1.10 bits per heavy atom. The van der Waals surface area contributed by atoms with Gasteiger partial charge in [0.15, 0.2) is 0 Å². The maximum absolute atomic E-state index is 3.79. The maximum atomic E-state index is 3.79. The molecule has 0 aliphatic carbocycles. The van der Waals surface area contributed by atoms with Gasteiger partial charge in [-0.3, -0.25) is 0 Å². The second kappa shape index (κ2) is 6.17. The lowest BCUT2D eigenvalue weighted by atomic mass is 9.85. The Morgan fingerprint density at radius 3 is 2.25 bits per heavy atom. The van der Waals surface area contributed by atoms with E-state index >= 15 is 0 Å². The van der Waals surface area contributed by atoms with Crippen LogP contribution in [0.4, 0.5) is 5.69 Å². The maximum Gasteiger partial charge on any atom is 0.0380 e. The number of nitrogens with one attached hydrogen (secondary N) is 1. The molecule has 2 nitrogen and oxygen atoms in total. The van der Waals surface area contributed by atoms with E-state index in [0.717, 1.165) is 0 Å². The summed E-state index contributed by atoms with van der Waals surface area (Å²) in [6.45, 7) is 13.9. The molecule has 2 rings (SSSR count). The number of rotatable bonds is 3. The van der Waals surface area contributed by atoms with Gasteiger partial charge in [0.25, 0.3) is 0 Å². The molecule has 2 heteroatoms. The first-order valence-corrected chi connectivity index (χ1v) is 7.98. The van der Waals surface area contributed by atoms with Crippen LogP contribution in [0, 0.1) is 0 Å². The summed E-state index contributed by atoms with van der Waals surface area (Å²) in [5.41, 5.74) is 2.94. The smallest absolute Gasteiger partial charge is 0.0380 e. The number of likely N-dealkylation sites (tertiary alicyclic amines) is 1. The van der Waals surface area contributed by atoms with E-state index in [2.05, 4.69) is 69.1 Å². The summed E-state index contributed by atoms with van der Waals surface area (Å²) in [6.07, 6.45) is 2.49. The van der Waals surface area contributed by atoms with Gasteiger partial charge in [-0.2, -0.15) is 0 Å². The number of hydrogen-bond donors (Lipinski definition) is 1. The topological polar surface area (TPSA) is 15.3 Å². The van der Waals surface area contributed by atoms with E-state index in [-0.39, 0.29) is 5.41 Å². The van der Waals surface area contributed by atoms with Gasteiger partial charge in [0, 0.05) is 30.9 Å². The first-order valence-electron chi connectivity index (χ1n) is 7.98. The number of nitrogens with zero attached hydrogens (tertiary/aromatic N) is 1. The Hall–Kier alpha value is -1.02. The molecule has 1 N–H and O–H groups in total. The van der Waals surface area contributed by atoms with E-state index in [0.29, 0.717) is 12.1 Å². The fourth-order valence-electron chi connectivity index (χ4n) is 3.04. The van der Waals surface area contributed by atoms with E-state index in [1.807, 2.05) is 0 Å². The van der Waals surface area contributed by atoms with Crippen molar-refractivity contribution in [1.82, 2.24) is 4.90 Å². The van der Waals surface area contributed by atoms with Gasteiger partial charge in [-0.05, 0) is 43.7 Å². The molecule has 0 amide bonds. The molecule has 112 valence electrons. The van der Waals surface area contributed by atoms with Gasteiger partial charge < -0.3 is 10.2 Å². The zero-order valence-corrected chi connectivity index (χ0v) is 13.7. The van der Waals surface area contributed by atoms with Crippen LogP contribution in [-0.2, 0) is 5.41 Å². The Labute approximate surface area is 124 Å². The zero-order chi connectivity index (χ0) is 14.8. The summed E-state index contributed by atoms with van der Waals surface area (Å²) in [5.74, 6) is 0. The summed E-state index contributed by atoms with van der Waals surface area (Å²) in [7, 11) is 0. The molecule has 1 fully saturated rings. The van der Waals surface area contributed by atoms with Crippen LogP contribution < -0.4 is 5.32 Å². The Morgan fingerprint density at radius 2 is 1.70 bits per heavy atom. The highest BCUT2D eigenvalue weighted by molar-refractivity contribution is 5.54. The minimum absolute atomic E-state index is 0.197. The van der Waals surface area contributed by atoms with Crippen molar-refractivity contribution in [3.8, 4) is 0 Å². The molecule has 1 heterocycles. The molecule has 0 saturated carbocycles. The molecule has 0 radical (unpaired) electrons. The zero-order valence-electron chi connectivity index (χ0n) is 13.7. The molecule has 1 aliphatic heterocycles. The summed E-state index contributed by atoms with van der Waals surface area (Å²) in [5, 5.41) is 3.79. The van der Waals surface area contributed by atoms with E-state index in [9.17, 15) is 0 Å². The van der Waals surface area contributed by atoms with Crippen molar-refractivity contribution in [3.05, 3.63) is 29.8 Å². The molecule has 20 heavy (non-hydrogen) atoms. The third-order valence-electron chi connectivity index (χ3n) is 4.35. The standard InChI is InChI=1S/C18H30N2/c1-14(2)20-12-10-15(11-13-20)19-17-9-7-6-8-16(17)18(3,4)5/h6-9,14-15,19H,10-13H2,1-5H3. The van der Waals surface area contributed by atoms with Crippen molar-refractivity contribution >= 4 is 5.69 Å². The van der Waals surface area contributed by atoms with Crippen molar-refractivity contribution in [3.63, 3.8) is 0 Å². The molecule has 1 aromatic rings. The minimum Gasteiger partial charge on any atom is -0.382 e. The van der Waals surface area contributed by atoms with Gasteiger partial charge in [0.1, 0.15) is 0 Å². The molecule has 1 aliphatic rings. The first-order chi connectivity index (χ1) is 9.38. The van der Waals surface area contributed by atoms with Crippen molar-refractivity contribution < 1.29 is 0 Å². The molecule has 1 aromatic carbocycles. The Bertz CT molecular complexity index is 423. The molecule has 0 unspecified atom stereocenters. The summed E-state index contributed by atoms with van der Waals surface area (Å²) >= 11 is 0. The highest BCUT2D eigenvalue weighted by Gasteiger charge is 2.23. The molecule has 0 bridgehead atoms. The van der Waals surface area contributed by atoms with E-state index < -0.39 is 0 Å². The van der Waals surface area contributed by atoms with E-state index in [1.54, 1.807) is 0 Å². The molecule has 1 saturated heterocycles. The van der Waals surface area contributed by atoms with Crippen molar-refractivity contribution in [2.75, 3.05) is 18.4 Å². The lowest BCUT2D eigenvalue weighted by Crippen LogP contribution is -2.42. The average Bonchev–Trinajstić information content (AvgIpc) is 2.38. The van der Waals surface area contributed by atoms with Crippen LogP contribution in [0.3, 0.4) is 0 Å². The first kappa shape index (κ1) is 15.4. The second-order valence-corrected chi connectivity index (χ2v) is 7.34. The molecule has 0 spiro atoms. The summed E-state index contributed by atoms with van der Waals surface area (Å²) in [6, 6.07) is 10.1. The van der Waals surface area contributed by atoms with Crippen LogP contribution in [0.1, 0.15) is 53.0 Å².